The molecular formula is C28H47NO3. The van der Waals surface area contributed by atoms with Gasteiger partial charge in [0, 0.05) is 13.5 Å². The minimum absolute atomic E-state index is 0.117. The first-order valence-corrected chi connectivity index (χ1v) is 13.5. The molecule has 3 fully saturated rings. The third-order valence-corrected chi connectivity index (χ3v) is 10.5. The summed E-state index contributed by atoms with van der Waals surface area (Å²) in [6, 6.07) is 0. The Morgan fingerprint density at radius 3 is 2.75 bits per heavy atom. The molecule has 0 bridgehead atoms. The van der Waals surface area contributed by atoms with Gasteiger partial charge in [-0.05, 0) is 105 Å². The van der Waals surface area contributed by atoms with Crippen LogP contribution in [0.1, 0.15) is 98.3 Å². The molecule has 1 amide bonds. The van der Waals surface area contributed by atoms with Gasteiger partial charge in [-0.15, -0.1) is 0 Å². The Kier molecular flexibility index (Phi) is 7.13. The van der Waals surface area contributed by atoms with E-state index in [1.165, 1.54) is 43.6 Å². The average Bonchev–Trinajstić information content (AvgIpc) is 3.13. The van der Waals surface area contributed by atoms with Crippen LogP contribution in [0.5, 0.6) is 0 Å². The van der Waals surface area contributed by atoms with Crippen LogP contribution in [0, 0.1) is 40.4 Å². The van der Waals surface area contributed by atoms with Crippen LogP contribution in [0.4, 0.5) is 0 Å². The number of nitrogens with zero attached hydrogens (tertiary/aromatic N) is 1. The highest BCUT2D eigenvalue weighted by Crippen LogP contribution is 2.67. The molecule has 32 heavy (non-hydrogen) atoms. The van der Waals surface area contributed by atoms with Gasteiger partial charge in [0.15, 0.2) is 0 Å². The summed E-state index contributed by atoms with van der Waals surface area (Å²) in [5.41, 5.74) is 2.31. The summed E-state index contributed by atoms with van der Waals surface area (Å²) in [7, 11) is 1.76. The van der Waals surface area contributed by atoms with Crippen LogP contribution in [0.2, 0.25) is 0 Å². The lowest BCUT2D eigenvalue weighted by Gasteiger charge is -2.58. The Balaban J connectivity index is 1.41. The van der Waals surface area contributed by atoms with E-state index in [9.17, 15) is 9.90 Å². The number of aliphatic hydroxyl groups excluding tert-OH is 1. The Hall–Kier alpha value is -0.870. The van der Waals surface area contributed by atoms with Crippen LogP contribution < -0.4 is 0 Å². The van der Waals surface area contributed by atoms with E-state index in [-0.39, 0.29) is 12.0 Å². The molecule has 4 heteroatoms. The van der Waals surface area contributed by atoms with Crippen LogP contribution in [0.25, 0.3) is 0 Å². The summed E-state index contributed by atoms with van der Waals surface area (Å²) < 4.78 is 0. The Labute approximate surface area is 196 Å². The molecule has 0 heterocycles. The van der Waals surface area contributed by atoms with Gasteiger partial charge >= 0.3 is 0 Å². The third-order valence-electron chi connectivity index (χ3n) is 10.5. The van der Waals surface area contributed by atoms with Crippen LogP contribution >= 0.6 is 0 Å². The Morgan fingerprint density at radius 2 is 2.00 bits per heavy atom. The molecule has 0 aromatic heterocycles. The number of aliphatic hydroxyl groups is 1. The highest BCUT2D eigenvalue weighted by atomic mass is 16.7. The number of hydrogen-bond acceptors (Lipinski definition) is 3. The van der Waals surface area contributed by atoms with Gasteiger partial charge in [0.1, 0.15) is 0 Å². The fourth-order valence-corrected chi connectivity index (χ4v) is 8.63. The minimum Gasteiger partial charge on any atom is -0.393 e. The van der Waals surface area contributed by atoms with E-state index in [4.69, 9.17) is 4.84 Å². The van der Waals surface area contributed by atoms with Crippen molar-refractivity contribution in [1.82, 2.24) is 5.06 Å². The largest absolute Gasteiger partial charge is 0.393 e. The van der Waals surface area contributed by atoms with Gasteiger partial charge in [-0.25, -0.2) is 5.06 Å². The molecule has 8 atom stereocenters. The topological polar surface area (TPSA) is 49.8 Å². The summed E-state index contributed by atoms with van der Waals surface area (Å²) in [6.45, 7) is 10.2. The summed E-state index contributed by atoms with van der Waals surface area (Å²) in [4.78, 5) is 18.0. The maximum atomic E-state index is 12.5. The second-order valence-electron chi connectivity index (χ2n) is 12.1. The number of allylic oxidation sites excluding steroid dienone is 1. The van der Waals surface area contributed by atoms with Gasteiger partial charge < -0.3 is 5.11 Å². The average molecular weight is 446 g/mol. The predicted octanol–water partition coefficient (Wildman–Crippen LogP) is 6.14. The van der Waals surface area contributed by atoms with Crippen LogP contribution in [0.15, 0.2) is 11.6 Å². The van der Waals surface area contributed by atoms with Crippen molar-refractivity contribution in [3.8, 4) is 0 Å². The van der Waals surface area contributed by atoms with E-state index < -0.39 is 0 Å². The SMILES string of the molecule is CCCON(C)C(=O)CC[C@@H](C)[C@H]1CC[C@H]2[C@@H]3CC=C4C[C@@H](O)CC[C@]4(C)[C@H]3CC[C@]12C. The zero-order chi connectivity index (χ0) is 23.1. The molecule has 3 saturated carbocycles. The first-order chi connectivity index (χ1) is 15.2. The number of carbonyl (C=O) groups is 1. The van der Waals surface area contributed by atoms with E-state index in [1.54, 1.807) is 12.6 Å². The van der Waals surface area contributed by atoms with E-state index in [0.29, 0.717) is 29.8 Å². The molecule has 0 radical (unpaired) electrons. The van der Waals surface area contributed by atoms with Crippen molar-refractivity contribution >= 4 is 5.91 Å². The highest BCUT2D eigenvalue weighted by Gasteiger charge is 2.59. The van der Waals surface area contributed by atoms with Gasteiger partial charge in [-0.3, -0.25) is 9.63 Å². The van der Waals surface area contributed by atoms with Crippen molar-refractivity contribution < 1.29 is 14.7 Å². The molecule has 4 nitrogen and oxygen atoms in total. The molecule has 182 valence electrons. The smallest absolute Gasteiger partial charge is 0.245 e. The molecule has 0 aromatic carbocycles. The van der Waals surface area contributed by atoms with Crippen molar-refractivity contribution in [2.75, 3.05) is 13.7 Å². The number of amides is 1. The third kappa shape index (κ3) is 4.19. The molecule has 0 unspecified atom stereocenters. The first-order valence-electron chi connectivity index (χ1n) is 13.5. The highest BCUT2D eigenvalue weighted by molar-refractivity contribution is 5.74. The van der Waals surface area contributed by atoms with E-state index >= 15 is 0 Å². The van der Waals surface area contributed by atoms with E-state index in [0.717, 1.165) is 49.4 Å². The van der Waals surface area contributed by atoms with Crippen molar-refractivity contribution in [2.24, 2.45) is 40.4 Å². The standard InChI is InChI=1S/C28H47NO3/c1-6-17-32-29(5)26(31)12-7-19(2)23-10-11-24-22-9-8-20-18-21(30)13-15-27(20,3)25(22)14-16-28(23,24)4/h8,19,21-25,30H,6-7,9-18H2,1-5H3/t19-,21+,22+,23-,24+,25+,27+,28-/m1/s1. The van der Waals surface area contributed by atoms with E-state index in [2.05, 4.69) is 33.8 Å². The minimum atomic E-state index is -0.120. The van der Waals surface area contributed by atoms with Crippen LogP contribution in [0.3, 0.4) is 0 Å². The Bertz CT molecular complexity index is 719. The summed E-state index contributed by atoms with van der Waals surface area (Å²) in [6.07, 6.45) is 14.6. The number of hydrogen-bond donors (Lipinski definition) is 1. The van der Waals surface area contributed by atoms with E-state index in [1.807, 2.05) is 0 Å². The van der Waals surface area contributed by atoms with Crippen LogP contribution in [-0.4, -0.2) is 35.8 Å². The number of hydroxylamine groups is 2. The van der Waals surface area contributed by atoms with Gasteiger partial charge in [-0.1, -0.05) is 39.3 Å². The molecular weight excluding hydrogens is 398 g/mol. The molecule has 0 spiro atoms. The summed E-state index contributed by atoms with van der Waals surface area (Å²) in [5.74, 6) is 3.86. The van der Waals surface area contributed by atoms with Gasteiger partial charge in [-0.2, -0.15) is 0 Å². The molecule has 1 N–H and O–H groups in total. The first kappa shape index (κ1) is 24.3. The number of rotatable bonds is 7. The van der Waals surface area contributed by atoms with Gasteiger partial charge in [0.2, 0.25) is 5.91 Å². The monoisotopic (exact) mass is 445 g/mol. The van der Waals surface area contributed by atoms with Crippen molar-refractivity contribution in [3.05, 3.63) is 11.6 Å². The van der Waals surface area contributed by atoms with Crippen molar-refractivity contribution in [3.63, 3.8) is 0 Å². The zero-order valence-electron chi connectivity index (χ0n) is 21.2. The number of fused-ring (bicyclic) bond motifs is 5. The predicted molar refractivity (Wildman–Crippen MR) is 129 cm³/mol. The van der Waals surface area contributed by atoms with Gasteiger partial charge in [0.05, 0.1) is 12.7 Å². The molecule has 0 saturated heterocycles. The lowest BCUT2D eigenvalue weighted by atomic mass is 9.47. The second-order valence-corrected chi connectivity index (χ2v) is 12.1. The summed E-state index contributed by atoms with van der Waals surface area (Å²) >= 11 is 0. The summed E-state index contributed by atoms with van der Waals surface area (Å²) in [5, 5.41) is 11.7. The molecule has 4 aliphatic carbocycles. The van der Waals surface area contributed by atoms with Crippen molar-refractivity contribution in [2.45, 2.75) is 104 Å². The zero-order valence-corrected chi connectivity index (χ0v) is 21.2. The molecule has 4 aliphatic rings. The fraction of sp³-hybridized carbons (Fsp3) is 0.893. The molecule has 0 aliphatic heterocycles. The maximum absolute atomic E-state index is 12.5. The fourth-order valence-electron chi connectivity index (χ4n) is 8.63. The lowest BCUT2D eigenvalue weighted by Crippen LogP contribution is -2.50. The second kappa shape index (κ2) is 9.41. The normalized spacial score (nSPS) is 41.8. The quantitative estimate of drug-likeness (QED) is 0.378. The van der Waals surface area contributed by atoms with Crippen molar-refractivity contribution in [1.29, 1.82) is 0 Å². The molecule has 0 aromatic rings. The maximum Gasteiger partial charge on any atom is 0.245 e. The van der Waals surface area contributed by atoms with Gasteiger partial charge in [0.25, 0.3) is 0 Å². The Morgan fingerprint density at radius 1 is 1.22 bits per heavy atom. The molecule has 4 rings (SSSR count). The van der Waals surface area contributed by atoms with Crippen LogP contribution in [-0.2, 0) is 9.63 Å². The number of carbonyl (C=O) groups excluding carboxylic acids is 1. The lowest BCUT2D eigenvalue weighted by molar-refractivity contribution is -0.178.